The predicted molar refractivity (Wildman–Crippen MR) is 108 cm³/mol. The second-order valence-electron chi connectivity index (χ2n) is 6.43. The summed E-state index contributed by atoms with van der Waals surface area (Å²) < 4.78 is 0.731. The Balaban J connectivity index is 1.78. The van der Waals surface area contributed by atoms with E-state index in [1.54, 1.807) is 31.2 Å². The summed E-state index contributed by atoms with van der Waals surface area (Å²) in [6.45, 7) is 0.970. The first-order valence-corrected chi connectivity index (χ1v) is 9.43. The van der Waals surface area contributed by atoms with Crippen LogP contribution in [-0.4, -0.2) is 34.2 Å². The van der Waals surface area contributed by atoms with Crippen molar-refractivity contribution in [2.24, 2.45) is 0 Å². The number of hydrogen-bond donors (Lipinski definition) is 2. The third-order valence-corrected chi connectivity index (χ3v) is 5.24. The van der Waals surface area contributed by atoms with Crippen molar-refractivity contribution in [2.45, 2.75) is 12.5 Å². The first kappa shape index (κ1) is 20.7. The van der Waals surface area contributed by atoms with E-state index in [9.17, 15) is 24.5 Å². The Morgan fingerprint density at radius 2 is 2.03 bits per heavy atom. The van der Waals surface area contributed by atoms with Gasteiger partial charge in [0, 0.05) is 16.6 Å². The van der Waals surface area contributed by atoms with E-state index >= 15 is 0 Å². The summed E-state index contributed by atoms with van der Waals surface area (Å²) in [4.78, 5) is 48.6. The van der Waals surface area contributed by atoms with Crippen LogP contribution in [0.4, 0.5) is 16.2 Å². The molecule has 1 atom stereocenters. The van der Waals surface area contributed by atoms with Crippen LogP contribution in [0, 0.1) is 10.1 Å². The van der Waals surface area contributed by atoms with Crippen LogP contribution in [0.2, 0.25) is 5.02 Å². The summed E-state index contributed by atoms with van der Waals surface area (Å²) in [5, 5.41) is 16.0. The molecule has 2 N–H and O–H groups in total. The maximum absolute atomic E-state index is 12.9. The fourth-order valence-electron chi connectivity index (χ4n) is 2.89. The Labute approximate surface area is 178 Å². The van der Waals surface area contributed by atoms with Crippen LogP contribution in [0.25, 0.3) is 0 Å². The lowest BCUT2D eigenvalue weighted by molar-refractivity contribution is -0.384. The molecule has 1 unspecified atom stereocenters. The Bertz CT molecular complexity index is 1050. The van der Waals surface area contributed by atoms with Crippen LogP contribution < -0.4 is 10.6 Å². The van der Waals surface area contributed by atoms with Crippen LogP contribution >= 0.6 is 27.5 Å². The molecule has 0 radical (unpaired) electrons. The number of benzene rings is 2. The minimum absolute atomic E-state index is 0.00710. The highest BCUT2D eigenvalue weighted by Gasteiger charge is 2.49. The van der Waals surface area contributed by atoms with Gasteiger partial charge in [0.25, 0.3) is 11.6 Å². The topological polar surface area (TPSA) is 122 Å². The zero-order valence-electron chi connectivity index (χ0n) is 14.9. The SMILES string of the molecule is CC1(c2cccc(Br)c2)NC(=O)N(CC(=O)Nc2cc([N+](=O)[O-])ccc2Cl)C1=O. The van der Waals surface area contributed by atoms with Crippen LogP contribution in [0.5, 0.6) is 0 Å². The highest BCUT2D eigenvalue weighted by Crippen LogP contribution is 2.31. The Morgan fingerprint density at radius 1 is 1.31 bits per heavy atom. The fraction of sp³-hybridized carbons (Fsp3) is 0.167. The van der Waals surface area contributed by atoms with Crippen LogP contribution in [-0.2, 0) is 15.1 Å². The smallest absolute Gasteiger partial charge is 0.323 e. The van der Waals surface area contributed by atoms with Crippen molar-refractivity contribution in [3.05, 3.63) is 67.6 Å². The molecule has 11 heteroatoms. The van der Waals surface area contributed by atoms with Gasteiger partial charge in [0.15, 0.2) is 0 Å². The molecule has 0 saturated carbocycles. The maximum Gasteiger partial charge on any atom is 0.325 e. The number of non-ortho nitro benzene ring substituents is 1. The highest BCUT2D eigenvalue weighted by atomic mass is 79.9. The van der Waals surface area contributed by atoms with Gasteiger partial charge < -0.3 is 10.6 Å². The summed E-state index contributed by atoms with van der Waals surface area (Å²) in [6.07, 6.45) is 0. The number of hydrogen-bond acceptors (Lipinski definition) is 5. The monoisotopic (exact) mass is 480 g/mol. The molecule has 2 aromatic rings. The number of nitrogens with zero attached hydrogens (tertiary/aromatic N) is 2. The largest absolute Gasteiger partial charge is 0.325 e. The predicted octanol–water partition coefficient (Wildman–Crippen LogP) is 3.42. The molecule has 1 heterocycles. The second kappa shape index (κ2) is 7.80. The molecule has 1 aliphatic rings. The standard InChI is InChI=1S/C18H14BrClN4O5/c1-18(10-3-2-4-11(19)7-10)16(26)23(17(27)22-18)9-15(25)21-14-8-12(24(28)29)5-6-13(14)20/h2-8H,9H2,1H3,(H,21,25)(H,22,27). The maximum atomic E-state index is 12.9. The molecule has 1 aliphatic heterocycles. The van der Waals surface area contributed by atoms with E-state index in [0.29, 0.717) is 5.56 Å². The summed E-state index contributed by atoms with van der Waals surface area (Å²) in [5.74, 6) is -1.32. The summed E-state index contributed by atoms with van der Waals surface area (Å²) in [6, 6.07) is 9.73. The van der Waals surface area contributed by atoms with Crippen LogP contribution in [0.3, 0.4) is 0 Å². The van der Waals surface area contributed by atoms with E-state index in [1.807, 2.05) is 0 Å². The van der Waals surface area contributed by atoms with Gasteiger partial charge in [-0.15, -0.1) is 0 Å². The number of anilines is 1. The van der Waals surface area contributed by atoms with Crippen LogP contribution in [0.15, 0.2) is 46.9 Å². The molecular formula is C18H14BrClN4O5. The number of imide groups is 1. The number of nitro groups is 1. The minimum atomic E-state index is -1.33. The van der Waals surface area contributed by atoms with Gasteiger partial charge in [-0.2, -0.15) is 0 Å². The normalized spacial score (nSPS) is 18.5. The molecule has 1 saturated heterocycles. The van der Waals surface area contributed by atoms with Crippen molar-refractivity contribution in [1.82, 2.24) is 10.2 Å². The zero-order chi connectivity index (χ0) is 21.3. The molecule has 0 aliphatic carbocycles. The lowest BCUT2D eigenvalue weighted by Gasteiger charge is -2.22. The summed E-state index contributed by atoms with van der Waals surface area (Å²) >= 11 is 9.28. The molecule has 150 valence electrons. The Morgan fingerprint density at radius 3 is 2.69 bits per heavy atom. The Kier molecular flexibility index (Phi) is 5.58. The number of nitro benzene ring substituents is 1. The minimum Gasteiger partial charge on any atom is -0.323 e. The van der Waals surface area contributed by atoms with Gasteiger partial charge in [0.1, 0.15) is 12.1 Å². The first-order valence-electron chi connectivity index (χ1n) is 8.26. The van der Waals surface area contributed by atoms with Crippen molar-refractivity contribution in [3.63, 3.8) is 0 Å². The van der Waals surface area contributed by atoms with Gasteiger partial charge in [-0.25, -0.2) is 4.79 Å². The van der Waals surface area contributed by atoms with E-state index < -0.39 is 34.9 Å². The average Bonchev–Trinajstić information content (AvgIpc) is 2.87. The number of halogens is 2. The van der Waals surface area contributed by atoms with Crippen LogP contribution in [0.1, 0.15) is 12.5 Å². The van der Waals surface area contributed by atoms with Gasteiger partial charge in [-0.05, 0) is 30.7 Å². The number of carbonyl (C=O) groups is 3. The molecule has 0 aromatic heterocycles. The van der Waals surface area contributed by atoms with Gasteiger partial charge >= 0.3 is 6.03 Å². The summed E-state index contributed by atoms with van der Waals surface area (Å²) in [7, 11) is 0. The van der Waals surface area contributed by atoms with E-state index in [-0.39, 0.29) is 16.4 Å². The van der Waals surface area contributed by atoms with Gasteiger partial charge in [0.2, 0.25) is 5.91 Å². The molecule has 3 rings (SSSR count). The van der Waals surface area contributed by atoms with Crippen molar-refractivity contribution >= 4 is 56.8 Å². The van der Waals surface area contributed by atoms with E-state index in [0.717, 1.165) is 15.4 Å². The Hall–Kier alpha value is -2.98. The average molecular weight is 482 g/mol. The molecule has 0 bridgehead atoms. The third kappa shape index (κ3) is 4.08. The number of rotatable bonds is 5. The third-order valence-electron chi connectivity index (χ3n) is 4.41. The lowest BCUT2D eigenvalue weighted by atomic mass is 9.92. The van der Waals surface area contributed by atoms with Crippen molar-refractivity contribution in [2.75, 3.05) is 11.9 Å². The van der Waals surface area contributed by atoms with Gasteiger partial charge in [-0.3, -0.25) is 24.6 Å². The second-order valence-corrected chi connectivity index (χ2v) is 7.75. The van der Waals surface area contributed by atoms with E-state index in [1.165, 1.54) is 12.1 Å². The number of nitrogens with one attached hydrogen (secondary N) is 2. The van der Waals surface area contributed by atoms with E-state index in [4.69, 9.17) is 11.6 Å². The molecule has 1 fully saturated rings. The molecular weight excluding hydrogens is 468 g/mol. The molecule has 0 spiro atoms. The fourth-order valence-corrected chi connectivity index (χ4v) is 3.46. The number of urea groups is 1. The van der Waals surface area contributed by atoms with Gasteiger partial charge in [0.05, 0.1) is 15.6 Å². The van der Waals surface area contributed by atoms with Crippen molar-refractivity contribution < 1.29 is 19.3 Å². The van der Waals surface area contributed by atoms with E-state index in [2.05, 4.69) is 26.6 Å². The summed E-state index contributed by atoms with van der Waals surface area (Å²) in [5.41, 5.74) is -1.03. The first-order chi connectivity index (χ1) is 13.6. The van der Waals surface area contributed by atoms with Crippen molar-refractivity contribution in [1.29, 1.82) is 0 Å². The zero-order valence-corrected chi connectivity index (χ0v) is 17.3. The number of amides is 4. The lowest BCUT2D eigenvalue weighted by Crippen LogP contribution is -2.42. The quantitative estimate of drug-likeness (QED) is 0.385. The molecule has 4 amide bonds. The highest BCUT2D eigenvalue weighted by molar-refractivity contribution is 9.10. The number of carbonyl (C=O) groups excluding carboxylic acids is 3. The molecule has 2 aromatic carbocycles. The van der Waals surface area contributed by atoms with Gasteiger partial charge in [-0.1, -0.05) is 39.7 Å². The molecule has 9 nitrogen and oxygen atoms in total. The van der Waals surface area contributed by atoms with Crippen molar-refractivity contribution in [3.8, 4) is 0 Å². The molecule has 29 heavy (non-hydrogen) atoms.